The van der Waals surface area contributed by atoms with E-state index in [0.29, 0.717) is 5.69 Å². The third-order valence-electron chi connectivity index (χ3n) is 3.14. The summed E-state index contributed by atoms with van der Waals surface area (Å²) in [5.74, 6) is -1.09. The molecule has 1 rings (SSSR count). The lowest BCUT2D eigenvalue weighted by molar-refractivity contribution is -0.139. The van der Waals surface area contributed by atoms with Gasteiger partial charge in [0.2, 0.25) is 5.91 Å². The Morgan fingerprint density at radius 3 is 2.47 bits per heavy atom. The van der Waals surface area contributed by atoms with Gasteiger partial charge >= 0.3 is 5.97 Å². The Morgan fingerprint density at radius 2 is 1.95 bits per heavy atom. The Labute approximate surface area is 112 Å². The van der Waals surface area contributed by atoms with Crippen molar-refractivity contribution < 1.29 is 19.4 Å². The lowest BCUT2D eigenvalue weighted by Crippen LogP contribution is -2.23. The second kappa shape index (κ2) is 6.22. The molecule has 1 amide bonds. The van der Waals surface area contributed by atoms with Gasteiger partial charge in [0.1, 0.15) is 5.75 Å². The molecule has 0 saturated carbocycles. The van der Waals surface area contributed by atoms with Gasteiger partial charge in [-0.1, -0.05) is 6.92 Å². The molecular formula is C14H19NO4. The maximum Gasteiger partial charge on any atom is 0.304 e. The Kier molecular flexibility index (Phi) is 4.92. The SMILES string of the molecule is COc1ccc(NC(=O)C(C)CC(=O)O)c(C)c1C. The van der Waals surface area contributed by atoms with Crippen LogP contribution in [0.5, 0.6) is 5.75 Å². The molecule has 1 aromatic rings. The van der Waals surface area contributed by atoms with Gasteiger partial charge in [-0.15, -0.1) is 0 Å². The Balaban J connectivity index is 2.86. The number of carboxylic acid groups (broad SMARTS) is 1. The normalized spacial score (nSPS) is 11.8. The summed E-state index contributed by atoms with van der Waals surface area (Å²) in [6.07, 6.45) is -0.181. The molecule has 0 aliphatic heterocycles. The molecule has 0 radical (unpaired) electrons. The standard InChI is InChI=1S/C14H19NO4/c1-8(7-13(16)17)14(18)15-11-5-6-12(19-4)10(3)9(11)2/h5-6,8H,7H2,1-4H3,(H,15,18)(H,16,17). The Morgan fingerprint density at radius 1 is 1.32 bits per heavy atom. The number of benzene rings is 1. The summed E-state index contributed by atoms with van der Waals surface area (Å²) in [4.78, 5) is 22.4. The molecule has 1 atom stereocenters. The van der Waals surface area contributed by atoms with Crippen LogP contribution >= 0.6 is 0 Å². The molecule has 19 heavy (non-hydrogen) atoms. The van der Waals surface area contributed by atoms with Crippen molar-refractivity contribution in [1.29, 1.82) is 0 Å². The van der Waals surface area contributed by atoms with E-state index in [2.05, 4.69) is 5.32 Å². The van der Waals surface area contributed by atoms with Crippen LogP contribution in [0.1, 0.15) is 24.5 Å². The number of rotatable bonds is 5. The van der Waals surface area contributed by atoms with E-state index in [1.807, 2.05) is 13.8 Å². The quantitative estimate of drug-likeness (QED) is 0.857. The van der Waals surface area contributed by atoms with Crippen LogP contribution in [0.25, 0.3) is 0 Å². The molecule has 0 bridgehead atoms. The fourth-order valence-corrected chi connectivity index (χ4v) is 1.76. The lowest BCUT2D eigenvalue weighted by Gasteiger charge is -2.15. The first-order valence-electron chi connectivity index (χ1n) is 6.03. The van der Waals surface area contributed by atoms with E-state index >= 15 is 0 Å². The van der Waals surface area contributed by atoms with Gasteiger partial charge in [-0.3, -0.25) is 9.59 Å². The zero-order chi connectivity index (χ0) is 14.6. The summed E-state index contributed by atoms with van der Waals surface area (Å²) in [6, 6.07) is 3.53. The number of carbonyl (C=O) groups excluding carboxylic acids is 1. The van der Waals surface area contributed by atoms with E-state index in [1.54, 1.807) is 26.2 Å². The molecule has 5 nitrogen and oxygen atoms in total. The number of hydrogen-bond acceptors (Lipinski definition) is 3. The van der Waals surface area contributed by atoms with Crippen LogP contribution in [-0.2, 0) is 9.59 Å². The highest BCUT2D eigenvalue weighted by Gasteiger charge is 2.17. The average Bonchev–Trinajstić information content (AvgIpc) is 2.34. The van der Waals surface area contributed by atoms with Gasteiger partial charge in [0.25, 0.3) is 0 Å². The molecule has 104 valence electrons. The minimum atomic E-state index is -0.981. The van der Waals surface area contributed by atoms with Gasteiger partial charge in [-0.05, 0) is 37.1 Å². The topological polar surface area (TPSA) is 75.6 Å². The van der Waals surface area contributed by atoms with Crippen molar-refractivity contribution in [3.05, 3.63) is 23.3 Å². The minimum Gasteiger partial charge on any atom is -0.496 e. The number of amides is 1. The van der Waals surface area contributed by atoms with E-state index in [0.717, 1.165) is 16.9 Å². The van der Waals surface area contributed by atoms with Crippen molar-refractivity contribution in [2.75, 3.05) is 12.4 Å². The highest BCUT2D eigenvalue weighted by Crippen LogP contribution is 2.27. The maximum absolute atomic E-state index is 11.9. The highest BCUT2D eigenvalue weighted by atomic mass is 16.5. The number of aliphatic carboxylic acids is 1. The van der Waals surface area contributed by atoms with Crippen molar-refractivity contribution in [3.63, 3.8) is 0 Å². The van der Waals surface area contributed by atoms with E-state index < -0.39 is 11.9 Å². The molecule has 0 aliphatic rings. The predicted molar refractivity (Wildman–Crippen MR) is 72.5 cm³/mol. The number of hydrogen-bond donors (Lipinski definition) is 2. The van der Waals surface area contributed by atoms with E-state index in [4.69, 9.17) is 9.84 Å². The number of carboxylic acids is 1. The van der Waals surface area contributed by atoms with Crippen molar-refractivity contribution in [3.8, 4) is 5.75 Å². The third kappa shape index (κ3) is 3.71. The molecule has 2 N–H and O–H groups in total. The van der Waals surface area contributed by atoms with Crippen molar-refractivity contribution >= 4 is 17.6 Å². The van der Waals surface area contributed by atoms with Crippen LogP contribution in [0.2, 0.25) is 0 Å². The number of nitrogens with one attached hydrogen (secondary N) is 1. The predicted octanol–water partition coefficient (Wildman–Crippen LogP) is 2.36. The van der Waals surface area contributed by atoms with Gasteiger partial charge in [-0.25, -0.2) is 0 Å². The summed E-state index contributed by atoms with van der Waals surface area (Å²) < 4.78 is 5.20. The van der Waals surface area contributed by atoms with Gasteiger partial charge in [0, 0.05) is 11.6 Å². The zero-order valence-electron chi connectivity index (χ0n) is 11.6. The first-order chi connectivity index (χ1) is 8.86. The smallest absolute Gasteiger partial charge is 0.304 e. The van der Waals surface area contributed by atoms with Crippen LogP contribution < -0.4 is 10.1 Å². The van der Waals surface area contributed by atoms with Crippen molar-refractivity contribution in [2.24, 2.45) is 5.92 Å². The summed E-state index contributed by atoms with van der Waals surface area (Å²) in [5, 5.41) is 11.4. The summed E-state index contributed by atoms with van der Waals surface area (Å²) in [6.45, 7) is 5.38. The first kappa shape index (κ1) is 15.0. The Hall–Kier alpha value is -2.04. The van der Waals surface area contributed by atoms with Crippen LogP contribution in [0.3, 0.4) is 0 Å². The monoisotopic (exact) mass is 265 g/mol. The number of carbonyl (C=O) groups is 2. The molecule has 0 saturated heterocycles. The summed E-state index contributed by atoms with van der Waals surface area (Å²) in [5.41, 5.74) is 2.54. The minimum absolute atomic E-state index is 0.181. The van der Waals surface area contributed by atoms with E-state index in [1.165, 1.54) is 0 Å². The molecule has 0 spiro atoms. The lowest BCUT2D eigenvalue weighted by atomic mass is 10.0. The number of ether oxygens (including phenoxy) is 1. The third-order valence-corrected chi connectivity index (χ3v) is 3.14. The second-order valence-electron chi connectivity index (χ2n) is 4.55. The largest absolute Gasteiger partial charge is 0.496 e. The van der Waals surface area contributed by atoms with Gasteiger partial charge in [0.05, 0.1) is 13.5 Å². The summed E-state index contributed by atoms with van der Waals surface area (Å²) >= 11 is 0. The summed E-state index contributed by atoms with van der Waals surface area (Å²) in [7, 11) is 1.59. The number of methoxy groups -OCH3 is 1. The molecule has 0 aromatic heterocycles. The van der Waals surface area contributed by atoms with Gasteiger partial charge in [-0.2, -0.15) is 0 Å². The highest BCUT2D eigenvalue weighted by molar-refractivity contribution is 5.95. The van der Waals surface area contributed by atoms with E-state index in [-0.39, 0.29) is 12.3 Å². The van der Waals surface area contributed by atoms with Crippen LogP contribution in [-0.4, -0.2) is 24.1 Å². The molecule has 1 unspecified atom stereocenters. The van der Waals surface area contributed by atoms with E-state index in [9.17, 15) is 9.59 Å². The maximum atomic E-state index is 11.9. The van der Waals surface area contributed by atoms with Crippen molar-refractivity contribution in [2.45, 2.75) is 27.2 Å². The van der Waals surface area contributed by atoms with Crippen LogP contribution in [0.15, 0.2) is 12.1 Å². The second-order valence-corrected chi connectivity index (χ2v) is 4.55. The first-order valence-corrected chi connectivity index (χ1v) is 6.03. The number of anilines is 1. The molecule has 0 aliphatic carbocycles. The molecule has 1 aromatic carbocycles. The van der Waals surface area contributed by atoms with Gasteiger partial charge in [0.15, 0.2) is 0 Å². The van der Waals surface area contributed by atoms with Crippen LogP contribution in [0.4, 0.5) is 5.69 Å². The molecule has 0 heterocycles. The fourth-order valence-electron chi connectivity index (χ4n) is 1.76. The molecule has 5 heteroatoms. The van der Waals surface area contributed by atoms with Crippen molar-refractivity contribution in [1.82, 2.24) is 0 Å². The fraction of sp³-hybridized carbons (Fsp3) is 0.429. The molecule has 0 fully saturated rings. The van der Waals surface area contributed by atoms with Crippen LogP contribution in [0, 0.1) is 19.8 Å². The van der Waals surface area contributed by atoms with Gasteiger partial charge < -0.3 is 15.2 Å². The molecular weight excluding hydrogens is 246 g/mol. The average molecular weight is 265 g/mol. The zero-order valence-corrected chi connectivity index (χ0v) is 11.6. The Bertz CT molecular complexity index is 496.